The van der Waals surface area contributed by atoms with Crippen LogP contribution in [0.15, 0.2) is 76.5 Å². The number of rotatable bonds is 8. The number of anilines is 2. The SMILES string of the molecule is COc1ccc(OC)c(S(=O)(=O)Nc2ccccc2NS(=O)(=O)c2ccc(F)cc2)c1. The van der Waals surface area contributed by atoms with E-state index in [1.54, 1.807) is 6.07 Å². The van der Waals surface area contributed by atoms with Crippen LogP contribution in [0.5, 0.6) is 11.5 Å². The Hall–Kier alpha value is -3.31. The number of ether oxygens (including phenoxy) is 2. The summed E-state index contributed by atoms with van der Waals surface area (Å²) in [7, 11) is -5.55. The van der Waals surface area contributed by atoms with Crippen molar-refractivity contribution in [2.24, 2.45) is 0 Å². The van der Waals surface area contributed by atoms with Crippen molar-refractivity contribution in [2.45, 2.75) is 9.79 Å². The number of nitrogens with one attached hydrogen (secondary N) is 2. The molecule has 0 fully saturated rings. The Labute approximate surface area is 179 Å². The van der Waals surface area contributed by atoms with Crippen molar-refractivity contribution in [1.82, 2.24) is 0 Å². The molecule has 0 radical (unpaired) electrons. The van der Waals surface area contributed by atoms with Crippen molar-refractivity contribution in [2.75, 3.05) is 23.7 Å². The third kappa shape index (κ3) is 5.06. The molecule has 0 aliphatic heterocycles. The van der Waals surface area contributed by atoms with Gasteiger partial charge in [0.2, 0.25) is 0 Å². The molecule has 0 saturated carbocycles. The summed E-state index contributed by atoms with van der Waals surface area (Å²) >= 11 is 0. The third-order valence-corrected chi connectivity index (χ3v) is 6.97. The molecule has 8 nitrogen and oxygen atoms in total. The number of para-hydroxylation sites is 2. The lowest BCUT2D eigenvalue weighted by Crippen LogP contribution is -2.18. The highest BCUT2D eigenvalue weighted by Crippen LogP contribution is 2.32. The van der Waals surface area contributed by atoms with Crippen LogP contribution in [0.4, 0.5) is 15.8 Å². The maximum atomic E-state index is 13.1. The van der Waals surface area contributed by atoms with Gasteiger partial charge in [0.05, 0.1) is 30.5 Å². The fourth-order valence-electron chi connectivity index (χ4n) is 2.67. The average molecular weight is 467 g/mol. The van der Waals surface area contributed by atoms with Crippen molar-refractivity contribution >= 4 is 31.4 Å². The highest BCUT2D eigenvalue weighted by molar-refractivity contribution is 7.93. The Balaban J connectivity index is 1.96. The van der Waals surface area contributed by atoms with E-state index in [1.807, 2.05) is 0 Å². The summed E-state index contributed by atoms with van der Waals surface area (Å²) in [4.78, 5) is -0.369. The number of sulfonamides is 2. The maximum Gasteiger partial charge on any atom is 0.265 e. The summed E-state index contributed by atoms with van der Waals surface area (Å²) in [6.07, 6.45) is 0. The van der Waals surface area contributed by atoms with Crippen molar-refractivity contribution in [1.29, 1.82) is 0 Å². The van der Waals surface area contributed by atoms with E-state index in [9.17, 15) is 21.2 Å². The minimum atomic E-state index is -4.18. The van der Waals surface area contributed by atoms with Crippen LogP contribution in [-0.2, 0) is 20.0 Å². The van der Waals surface area contributed by atoms with E-state index in [0.29, 0.717) is 5.75 Å². The highest BCUT2D eigenvalue weighted by Gasteiger charge is 2.23. The van der Waals surface area contributed by atoms with E-state index in [1.165, 1.54) is 50.6 Å². The minimum Gasteiger partial charge on any atom is -0.497 e. The van der Waals surface area contributed by atoms with Gasteiger partial charge >= 0.3 is 0 Å². The van der Waals surface area contributed by atoms with Gasteiger partial charge in [0.15, 0.2) is 0 Å². The van der Waals surface area contributed by atoms with Gasteiger partial charge in [-0.3, -0.25) is 9.44 Å². The van der Waals surface area contributed by atoms with Gasteiger partial charge in [-0.1, -0.05) is 12.1 Å². The number of halogens is 1. The first-order valence-electron chi connectivity index (χ1n) is 8.78. The first-order chi connectivity index (χ1) is 14.7. The normalized spacial score (nSPS) is 11.6. The molecule has 0 aliphatic rings. The third-order valence-electron chi connectivity index (χ3n) is 4.20. The zero-order valence-electron chi connectivity index (χ0n) is 16.5. The maximum absolute atomic E-state index is 13.1. The van der Waals surface area contributed by atoms with Crippen molar-refractivity contribution in [3.8, 4) is 11.5 Å². The van der Waals surface area contributed by atoms with Gasteiger partial charge in [-0.25, -0.2) is 21.2 Å². The van der Waals surface area contributed by atoms with E-state index in [0.717, 1.165) is 24.3 Å². The van der Waals surface area contributed by atoms with E-state index >= 15 is 0 Å². The summed E-state index contributed by atoms with van der Waals surface area (Å²) in [6, 6.07) is 14.4. The fraction of sp³-hybridized carbons (Fsp3) is 0.100. The minimum absolute atomic E-state index is 0.0157. The molecule has 0 spiro atoms. The van der Waals surface area contributed by atoms with Gasteiger partial charge in [-0.2, -0.15) is 0 Å². The van der Waals surface area contributed by atoms with Gasteiger partial charge in [0.1, 0.15) is 22.2 Å². The van der Waals surface area contributed by atoms with Crippen LogP contribution in [0.1, 0.15) is 0 Å². The Kier molecular flexibility index (Phi) is 6.37. The smallest absolute Gasteiger partial charge is 0.265 e. The summed E-state index contributed by atoms with van der Waals surface area (Å²) in [5.41, 5.74) is -0.0321. The van der Waals surface area contributed by atoms with Gasteiger partial charge < -0.3 is 9.47 Å². The Morgan fingerprint density at radius 2 is 1.32 bits per heavy atom. The van der Waals surface area contributed by atoms with Crippen LogP contribution in [0.25, 0.3) is 0 Å². The number of methoxy groups -OCH3 is 2. The number of hydrogen-bond donors (Lipinski definition) is 2. The highest BCUT2D eigenvalue weighted by atomic mass is 32.2. The van der Waals surface area contributed by atoms with E-state index < -0.39 is 25.9 Å². The molecule has 3 rings (SSSR count). The lowest BCUT2D eigenvalue weighted by molar-refractivity contribution is 0.392. The van der Waals surface area contributed by atoms with Crippen LogP contribution < -0.4 is 18.9 Å². The average Bonchev–Trinajstić information content (AvgIpc) is 2.74. The van der Waals surface area contributed by atoms with Crippen molar-refractivity contribution < 1.29 is 30.7 Å². The molecule has 0 heterocycles. The number of hydrogen-bond acceptors (Lipinski definition) is 6. The van der Waals surface area contributed by atoms with Crippen molar-refractivity contribution in [3.63, 3.8) is 0 Å². The van der Waals surface area contributed by atoms with Gasteiger partial charge in [-0.05, 0) is 48.5 Å². The van der Waals surface area contributed by atoms with Crippen molar-refractivity contribution in [3.05, 3.63) is 72.5 Å². The zero-order valence-corrected chi connectivity index (χ0v) is 18.1. The summed E-state index contributed by atoms with van der Waals surface area (Å²) in [6.45, 7) is 0. The van der Waals surface area contributed by atoms with Crippen LogP contribution in [-0.4, -0.2) is 31.1 Å². The van der Waals surface area contributed by atoms with E-state index in [-0.39, 0.29) is 26.9 Å². The second-order valence-electron chi connectivity index (χ2n) is 6.23. The van der Waals surface area contributed by atoms with Crippen LogP contribution in [0, 0.1) is 5.82 Å². The topological polar surface area (TPSA) is 111 Å². The lowest BCUT2D eigenvalue weighted by Gasteiger charge is -2.16. The molecule has 0 saturated heterocycles. The molecule has 31 heavy (non-hydrogen) atoms. The van der Waals surface area contributed by atoms with Gasteiger partial charge in [0.25, 0.3) is 20.0 Å². The zero-order chi connectivity index (χ0) is 22.6. The standard InChI is InChI=1S/C20H19FN2O6S2/c1-28-15-9-12-19(29-2)20(13-15)31(26,27)23-18-6-4-3-5-17(18)22-30(24,25)16-10-7-14(21)8-11-16/h3-13,22-23H,1-2H3. The molecule has 3 aromatic carbocycles. The Morgan fingerprint density at radius 3 is 1.87 bits per heavy atom. The summed E-state index contributed by atoms with van der Waals surface area (Å²) in [5.74, 6) is -0.205. The molecular formula is C20H19FN2O6S2. The molecule has 164 valence electrons. The molecule has 11 heteroatoms. The summed E-state index contributed by atoms with van der Waals surface area (Å²) < 4.78 is 79.3. The Morgan fingerprint density at radius 1 is 0.742 bits per heavy atom. The molecule has 0 bridgehead atoms. The molecule has 0 aromatic heterocycles. The van der Waals surface area contributed by atoms with Gasteiger partial charge in [0, 0.05) is 6.07 Å². The second-order valence-corrected chi connectivity index (χ2v) is 9.56. The second kappa shape index (κ2) is 8.82. The molecule has 0 unspecified atom stereocenters. The largest absolute Gasteiger partial charge is 0.497 e. The predicted octanol–water partition coefficient (Wildman–Crippen LogP) is 3.44. The van der Waals surface area contributed by atoms with E-state index in [2.05, 4.69) is 9.44 Å². The lowest BCUT2D eigenvalue weighted by atomic mass is 10.3. The Bertz CT molecular complexity index is 1290. The first-order valence-corrected chi connectivity index (χ1v) is 11.7. The monoisotopic (exact) mass is 466 g/mol. The van der Waals surface area contributed by atoms with Crippen LogP contribution >= 0.6 is 0 Å². The van der Waals surface area contributed by atoms with Gasteiger partial charge in [-0.15, -0.1) is 0 Å². The molecule has 2 N–H and O–H groups in total. The van der Waals surface area contributed by atoms with Crippen LogP contribution in [0.3, 0.4) is 0 Å². The van der Waals surface area contributed by atoms with Crippen LogP contribution in [0.2, 0.25) is 0 Å². The molecule has 0 atom stereocenters. The molecule has 0 aliphatic carbocycles. The predicted molar refractivity (Wildman–Crippen MR) is 114 cm³/mol. The first kappa shape index (κ1) is 22.4. The molecule has 3 aromatic rings. The quantitative estimate of drug-likeness (QED) is 0.526. The fourth-order valence-corrected chi connectivity index (χ4v) is 5.02. The van der Waals surface area contributed by atoms with E-state index in [4.69, 9.17) is 9.47 Å². The summed E-state index contributed by atoms with van der Waals surface area (Å²) in [5, 5.41) is 0. The number of benzene rings is 3. The molecule has 0 amide bonds. The molecular weight excluding hydrogens is 447 g/mol.